The third kappa shape index (κ3) is 3.61. The Hall–Kier alpha value is -0.650. The molecule has 5 nitrogen and oxygen atoms in total. The second-order valence-corrected chi connectivity index (χ2v) is 4.59. The average molecular weight is 205 g/mol. The van der Waals surface area contributed by atoms with Crippen LogP contribution in [-0.2, 0) is 14.4 Å². The number of carboxylic acid groups (broad SMARTS) is 1. The highest BCUT2D eigenvalue weighted by Gasteiger charge is 2.43. The molecule has 0 aromatic carbocycles. The van der Waals surface area contributed by atoms with E-state index in [2.05, 4.69) is 4.84 Å². The van der Waals surface area contributed by atoms with Crippen LogP contribution < -0.4 is 5.90 Å². The first kappa shape index (κ1) is 13.4. The molecule has 5 heteroatoms. The Morgan fingerprint density at radius 1 is 1.43 bits per heavy atom. The van der Waals surface area contributed by atoms with Crippen molar-refractivity contribution in [3.05, 3.63) is 0 Å². The molecule has 1 unspecified atom stereocenters. The summed E-state index contributed by atoms with van der Waals surface area (Å²) in [6.45, 7) is 5.69. The summed E-state index contributed by atoms with van der Waals surface area (Å²) in [5.41, 5.74) is -1.65. The van der Waals surface area contributed by atoms with Crippen molar-refractivity contribution >= 4 is 5.97 Å². The van der Waals surface area contributed by atoms with Crippen LogP contribution in [-0.4, -0.2) is 30.4 Å². The maximum atomic E-state index is 11.0. The van der Waals surface area contributed by atoms with Crippen LogP contribution in [0, 0.1) is 5.41 Å². The van der Waals surface area contributed by atoms with Crippen LogP contribution in [0.3, 0.4) is 0 Å². The third-order valence-corrected chi connectivity index (χ3v) is 1.81. The van der Waals surface area contributed by atoms with E-state index in [4.69, 9.17) is 15.7 Å². The molecule has 0 aromatic rings. The molecule has 0 aliphatic heterocycles. The van der Waals surface area contributed by atoms with Crippen molar-refractivity contribution in [2.75, 3.05) is 13.7 Å². The molecular formula is C9H19NO4. The number of methoxy groups -OCH3 is 1. The van der Waals surface area contributed by atoms with E-state index in [1.165, 1.54) is 7.11 Å². The van der Waals surface area contributed by atoms with Crippen LogP contribution in [0.4, 0.5) is 0 Å². The summed E-state index contributed by atoms with van der Waals surface area (Å²) in [5, 5.41) is 9.03. The van der Waals surface area contributed by atoms with E-state index in [0.717, 1.165) is 0 Å². The predicted molar refractivity (Wildman–Crippen MR) is 51.6 cm³/mol. The lowest BCUT2D eigenvalue weighted by molar-refractivity contribution is -0.180. The molecule has 14 heavy (non-hydrogen) atoms. The first-order chi connectivity index (χ1) is 6.27. The van der Waals surface area contributed by atoms with Gasteiger partial charge in [-0.15, -0.1) is 0 Å². The molecule has 84 valence electrons. The molecule has 0 aliphatic carbocycles. The Morgan fingerprint density at radius 3 is 2.14 bits per heavy atom. The fourth-order valence-electron chi connectivity index (χ4n) is 1.40. The molecule has 0 saturated heterocycles. The Kier molecular flexibility index (Phi) is 4.51. The second-order valence-electron chi connectivity index (χ2n) is 4.59. The molecular weight excluding hydrogens is 186 g/mol. The second kappa shape index (κ2) is 4.72. The van der Waals surface area contributed by atoms with Gasteiger partial charge < -0.3 is 9.84 Å². The predicted octanol–water partition coefficient (Wildman–Crippen LogP) is 0.783. The van der Waals surface area contributed by atoms with E-state index in [1.54, 1.807) is 0 Å². The number of nitrogens with two attached hydrogens (primary N) is 1. The SMILES string of the molecule is COCC(CC(C)(C)C)(ON)C(=O)O. The minimum absolute atomic E-state index is 0.0594. The molecule has 0 rings (SSSR count). The largest absolute Gasteiger partial charge is 0.479 e. The van der Waals surface area contributed by atoms with Crippen LogP contribution in [0.1, 0.15) is 27.2 Å². The number of ether oxygens (including phenoxy) is 1. The van der Waals surface area contributed by atoms with Crippen molar-refractivity contribution in [3.63, 3.8) is 0 Å². The van der Waals surface area contributed by atoms with Gasteiger partial charge in [-0.05, 0) is 11.8 Å². The highest BCUT2D eigenvalue weighted by atomic mass is 16.7. The molecule has 0 spiro atoms. The summed E-state index contributed by atoms with van der Waals surface area (Å²) in [5.74, 6) is 3.94. The Bertz CT molecular complexity index is 199. The lowest BCUT2D eigenvalue weighted by atomic mass is 9.82. The zero-order valence-corrected chi connectivity index (χ0v) is 9.16. The number of hydrogen-bond acceptors (Lipinski definition) is 4. The summed E-state index contributed by atoms with van der Waals surface area (Å²) in [7, 11) is 1.42. The number of carbonyl (C=O) groups is 1. The van der Waals surface area contributed by atoms with Gasteiger partial charge in [0.2, 0.25) is 5.60 Å². The summed E-state index contributed by atoms with van der Waals surface area (Å²) < 4.78 is 4.82. The average Bonchev–Trinajstić information content (AvgIpc) is 2.00. The van der Waals surface area contributed by atoms with Crippen LogP contribution in [0.15, 0.2) is 0 Å². The van der Waals surface area contributed by atoms with Crippen LogP contribution in [0.25, 0.3) is 0 Å². The summed E-state index contributed by atoms with van der Waals surface area (Å²) in [6, 6.07) is 0. The Balaban J connectivity index is 4.76. The fraction of sp³-hybridized carbons (Fsp3) is 0.889. The fourth-order valence-corrected chi connectivity index (χ4v) is 1.40. The molecule has 0 amide bonds. The Labute approximate surface area is 84.1 Å². The molecule has 0 fully saturated rings. The van der Waals surface area contributed by atoms with Crippen LogP contribution >= 0.6 is 0 Å². The van der Waals surface area contributed by atoms with Gasteiger partial charge in [-0.25, -0.2) is 10.7 Å². The van der Waals surface area contributed by atoms with Crippen molar-refractivity contribution in [2.45, 2.75) is 32.8 Å². The topological polar surface area (TPSA) is 81.8 Å². The maximum absolute atomic E-state index is 11.0. The zero-order valence-electron chi connectivity index (χ0n) is 9.16. The molecule has 0 saturated carbocycles. The van der Waals surface area contributed by atoms with Gasteiger partial charge in [0.15, 0.2) is 0 Å². The molecule has 0 aromatic heterocycles. The maximum Gasteiger partial charge on any atom is 0.340 e. The van der Waals surface area contributed by atoms with Crippen LogP contribution in [0.5, 0.6) is 0 Å². The van der Waals surface area contributed by atoms with Crippen LogP contribution in [0.2, 0.25) is 0 Å². The van der Waals surface area contributed by atoms with Gasteiger partial charge in [0.25, 0.3) is 0 Å². The van der Waals surface area contributed by atoms with E-state index in [1.807, 2.05) is 20.8 Å². The number of carboxylic acids is 1. The lowest BCUT2D eigenvalue weighted by Crippen LogP contribution is -2.50. The highest BCUT2D eigenvalue weighted by Crippen LogP contribution is 2.29. The lowest BCUT2D eigenvalue weighted by Gasteiger charge is -2.32. The van der Waals surface area contributed by atoms with Crippen molar-refractivity contribution < 1.29 is 19.5 Å². The van der Waals surface area contributed by atoms with Gasteiger partial charge in [-0.2, -0.15) is 0 Å². The van der Waals surface area contributed by atoms with Gasteiger partial charge in [0.1, 0.15) is 0 Å². The van der Waals surface area contributed by atoms with Gasteiger partial charge in [-0.1, -0.05) is 20.8 Å². The monoisotopic (exact) mass is 205 g/mol. The number of rotatable bonds is 5. The van der Waals surface area contributed by atoms with E-state index < -0.39 is 11.6 Å². The first-order valence-corrected chi connectivity index (χ1v) is 4.38. The molecule has 1 atom stereocenters. The quantitative estimate of drug-likeness (QED) is 0.648. The molecule has 0 bridgehead atoms. The summed E-state index contributed by atoms with van der Waals surface area (Å²) in [6.07, 6.45) is 0.291. The normalized spacial score (nSPS) is 16.4. The third-order valence-electron chi connectivity index (χ3n) is 1.81. The minimum Gasteiger partial charge on any atom is -0.479 e. The van der Waals surface area contributed by atoms with Gasteiger partial charge in [0, 0.05) is 7.11 Å². The smallest absolute Gasteiger partial charge is 0.340 e. The van der Waals surface area contributed by atoms with Crippen molar-refractivity contribution in [2.24, 2.45) is 11.3 Å². The van der Waals surface area contributed by atoms with Crippen molar-refractivity contribution in [1.29, 1.82) is 0 Å². The standard InChI is InChI=1S/C9H19NO4/c1-8(2,3)5-9(14-10,6-13-4)7(11)12/h5-6,10H2,1-4H3,(H,11,12). The first-order valence-electron chi connectivity index (χ1n) is 4.38. The number of hydrogen-bond donors (Lipinski definition) is 2. The van der Waals surface area contributed by atoms with E-state index >= 15 is 0 Å². The molecule has 3 N–H and O–H groups in total. The molecule has 0 heterocycles. The summed E-state index contributed by atoms with van der Waals surface area (Å²) in [4.78, 5) is 15.6. The van der Waals surface area contributed by atoms with Gasteiger partial charge in [0.05, 0.1) is 6.61 Å². The van der Waals surface area contributed by atoms with E-state index in [-0.39, 0.29) is 12.0 Å². The van der Waals surface area contributed by atoms with Gasteiger partial charge in [-0.3, -0.25) is 4.84 Å². The highest BCUT2D eigenvalue weighted by molar-refractivity contribution is 5.77. The zero-order chi connectivity index (χ0) is 11.4. The van der Waals surface area contributed by atoms with E-state index in [0.29, 0.717) is 6.42 Å². The minimum atomic E-state index is -1.45. The van der Waals surface area contributed by atoms with Gasteiger partial charge >= 0.3 is 5.97 Å². The van der Waals surface area contributed by atoms with Crippen molar-refractivity contribution in [1.82, 2.24) is 0 Å². The molecule has 0 radical (unpaired) electrons. The van der Waals surface area contributed by atoms with Crippen molar-refractivity contribution in [3.8, 4) is 0 Å². The summed E-state index contributed by atoms with van der Waals surface area (Å²) >= 11 is 0. The Morgan fingerprint density at radius 2 is 1.93 bits per heavy atom. The van der Waals surface area contributed by atoms with E-state index in [9.17, 15) is 4.79 Å². The number of aliphatic carboxylic acids is 1. The molecule has 0 aliphatic rings.